The van der Waals surface area contributed by atoms with Crippen LogP contribution in [-0.2, 0) is 45.9 Å². The summed E-state index contributed by atoms with van der Waals surface area (Å²) >= 11 is 0. The molecule has 0 N–H and O–H groups in total. The summed E-state index contributed by atoms with van der Waals surface area (Å²) in [5, 5.41) is 3.92. The van der Waals surface area contributed by atoms with Crippen molar-refractivity contribution in [2.75, 3.05) is 0 Å². The van der Waals surface area contributed by atoms with Gasteiger partial charge >= 0.3 is 48.9 Å². The second-order valence-corrected chi connectivity index (χ2v) is 18.5. The van der Waals surface area contributed by atoms with Crippen molar-refractivity contribution in [1.29, 1.82) is 0 Å². The molecule has 312 valence electrons. The Labute approximate surface area is 387 Å². The third-order valence-electron chi connectivity index (χ3n) is 11.0. The topological polar surface area (TPSA) is 114 Å². The van der Waals surface area contributed by atoms with Crippen LogP contribution >= 0.6 is 0 Å². The molecule has 0 saturated carbocycles. The minimum absolute atomic E-state index is 0. The molecule has 0 aromatic heterocycles. The Balaban J connectivity index is 0.000000387. The van der Waals surface area contributed by atoms with Crippen LogP contribution in [0.25, 0.3) is 21.5 Å². The molecular weight excluding hydrogens is 874 g/mol. The van der Waals surface area contributed by atoms with Crippen LogP contribution < -0.4 is 0 Å². The molecule has 6 nitrogen and oxygen atoms in total. The van der Waals surface area contributed by atoms with E-state index in [0.717, 1.165) is 96.9 Å². The molecular formula is C48H70BaO6S2. The molecule has 0 atom stereocenters. The molecule has 0 saturated heterocycles. The van der Waals surface area contributed by atoms with E-state index in [0.29, 0.717) is 12.8 Å². The van der Waals surface area contributed by atoms with E-state index in [4.69, 9.17) is 0 Å². The van der Waals surface area contributed by atoms with Gasteiger partial charge in [-0.25, -0.2) is 16.8 Å². The summed E-state index contributed by atoms with van der Waals surface area (Å²) in [4.78, 5) is -0.0637. The number of hydrogen-bond acceptors (Lipinski definition) is 6. The van der Waals surface area contributed by atoms with Gasteiger partial charge in [0.2, 0.25) is 0 Å². The van der Waals surface area contributed by atoms with Gasteiger partial charge in [0.15, 0.2) is 0 Å². The number of benzene rings is 4. The van der Waals surface area contributed by atoms with Gasteiger partial charge in [0.1, 0.15) is 20.2 Å². The van der Waals surface area contributed by atoms with Crippen molar-refractivity contribution in [3.05, 3.63) is 82.9 Å². The predicted molar refractivity (Wildman–Crippen MR) is 239 cm³/mol. The minimum Gasteiger partial charge on any atom is -0.744 e. The van der Waals surface area contributed by atoms with Crippen LogP contribution in [-0.4, -0.2) is 74.8 Å². The number of hydrogen-bond donors (Lipinski definition) is 0. The molecule has 0 bridgehead atoms. The first-order chi connectivity index (χ1) is 26.9. The molecule has 4 rings (SSSR count). The molecule has 0 aliphatic heterocycles. The van der Waals surface area contributed by atoms with Crippen LogP contribution in [0.15, 0.2) is 70.5 Å². The fourth-order valence-electron chi connectivity index (χ4n) is 7.79. The van der Waals surface area contributed by atoms with E-state index >= 15 is 0 Å². The monoisotopic (exact) mass is 944 g/mol. The van der Waals surface area contributed by atoms with E-state index in [1.165, 1.54) is 100 Å². The van der Waals surface area contributed by atoms with E-state index in [1.54, 1.807) is 12.1 Å². The zero-order valence-corrected chi connectivity index (χ0v) is 41.8. The Kier molecular flexibility index (Phi) is 25.8. The molecule has 57 heavy (non-hydrogen) atoms. The first-order valence-electron chi connectivity index (χ1n) is 21.9. The third-order valence-corrected chi connectivity index (χ3v) is 12.9. The second-order valence-electron chi connectivity index (χ2n) is 15.8. The van der Waals surface area contributed by atoms with Gasteiger partial charge in [0.25, 0.3) is 0 Å². The van der Waals surface area contributed by atoms with Crippen LogP contribution in [0.3, 0.4) is 0 Å². The first-order valence-corrected chi connectivity index (χ1v) is 24.8. The summed E-state index contributed by atoms with van der Waals surface area (Å²) in [6.45, 7) is 8.79. The zero-order valence-electron chi connectivity index (χ0n) is 35.7. The van der Waals surface area contributed by atoms with Crippen molar-refractivity contribution >= 4 is 90.7 Å². The largest absolute Gasteiger partial charge is 2.00 e. The number of fused-ring (bicyclic) bond motifs is 2. The molecule has 0 fully saturated rings. The fraction of sp³-hybridized carbons (Fsp3) is 0.583. The van der Waals surface area contributed by atoms with Crippen molar-refractivity contribution in [2.45, 2.75) is 192 Å². The standard InChI is InChI=1S/2C24H36O3S.Ba/c2*1-3-5-7-9-11-13-20-15-16-21-17-18-24(28(25,26)27)22(23(21)19-20)14-12-10-8-6-4-2;/h2*15-19H,3-14H2,1-2H3,(H,25,26,27);/q;;+2/p-2. The van der Waals surface area contributed by atoms with E-state index in [9.17, 15) is 25.9 Å². The summed E-state index contributed by atoms with van der Waals surface area (Å²) in [5.74, 6) is 0. The quantitative estimate of drug-likeness (QED) is 0.0352. The summed E-state index contributed by atoms with van der Waals surface area (Å²) < 4.78 is 71.0. The second kappa shape index (κ2) is 28.3. The van der Waals surface area contributed by atoms with Crippen LogP contribution in [0.2, 0.25) is 0 Å². The van der Waals surface area contributed by atoms with Gasteiger partial charge in [-0.15, -0.1) is 0 Å². The SMILES string of the molecule is CCCCCCCc1ccc2ccc(S(=O)(=O)[O-])c(CCCCCCC)c2c1.CCCCCCCc1ccc2ccc(S(=O)(=O)[O-])c(CCCCCCC)c2c1.[Ba+2]. The van der Waals surface area contributed by atoms with Gasteiger partial charge in [0, 0.05) is 0 Å². The number of aryl methyl sites for hydroxylation is 4. The average Bonchev–Trinajstić information content (AvgIpc) is 3.17. The van der Waals surface area contributed by atoms with Crippen LogP contribution in [0.1, 0.15) is 178 Å². The fourth-order valence-corrected chi connectivity index (χ4v) is 9.29. The van der Waals surface area contributed by atoms with Gasteiger partial charge in [0.05, 0.1) is 9.79 Å². The maximum absolute atomic E-state index is 11.8. The predicted octanol–water partition coefficient (Wildman–Crippen LogP) is 13.2. The minimum atomic E-state index is -4.46. The van der Waals surface area contributed by atoms with Gasteiger partial charge in [-0.1, -0.05) is 179 Å². The Morgan fingerprint density at radius 1 is 0.386 bits per heavy atom. The maximum Gasteiger partial charge on any atom is 2.00 e. The van der Waals surface area contributed by atoms with Gasteiger partial charge in [-0.2, -0.15) is 0 Å². The number of unbranched alkanes of at least 4 members (excludes halogenated alkanes) is 16. The van der Waals surface area contributed by atoms with Crippen LogP contribution in [0.4, 0.5) is 0 Å². The van der Waals surface area contributed by atoms with Crippen LogP contribution in [0, 0.1) is 0 Å². The van der Waals surface area contributed by atoms with Gasteiger partial charge in [-0.05, 0) is 107 Å². The molecule has 0 spiro atoms. The smallest absolute Gasteiger partial charge is 0.744 e. The third kappa shape index (κ3) is 18.5. The van der Waals surface area contributed by atoms with E-state index in [-0.39, 0.29) is 58.7 Å². The average molecular weight is 945 g/mol. The zero-order chi connectivity index (χ0) is 40.8. The molecule has 0 amide bonds. The molecule has 0 aliphatic carbocycles. The Hall–Kier alpha value is -1.21. The summed E-state index contributed by atoms with van der Waals surface area (Å²) in [5.41, 5.74) is 3.90. The number of rotatable bonds is 26. The maximum atomic E-state index is 11.8. The van der Waals surface area contributed by atoms with E-state index in [1.807, 2.05) is 0 Å². The normalized spacial score (nSPS) is 11.8. The summed E-state index contributed by atoms with van der Waals surface area (Å²) in [6, 6.07) is 19.2. The molecule has 4 aromatic rings. The van der Waals surface area contributed by atoms with Crippen molar-refractivity contribution < 1.29 is 25.9 Å². The van der Waals surface area contributed by atoms with E-state index in [2.05, 4.69) is 64.1 Å². The Bertz CT molecular complexity index is 1830. The first kappa shape index (κ1) is 51.9. The van der Waals surface area contributed by atoms with E-state index < -0.39 is 20.2 Å². The summed E-state index contributed by atoms with van der Waals surface area (Å²) in [6.07, 6.45) is 26.7. The van der Waals surface area contributed by atoms with Gasteiger partial charge < -0.3 is 9.11 Å². The summed E-state index contributed by atoms with van der Waals surface area (Å²) in [7, 11) is -8.92. The van der Waals surface area contributed by atoms with Crippen molar-refractivity contribution in [3.8, 4) is 0 Å². The molecule has 0 unspecified atom stereocenters. The molecule has 0 aliphatic rings. The van der Waals surface area contributed by atoms with Crippen LogP contribution in [0.5, 0.6) is 0 Å². The Morgan fingerprint density at radius 2 is 0.667 bits per heavy atom. The van der Waals surface area contributed by atoms with Gasteiger partial charge in [-0.3, -0.25) is 0 Å². The Morgan fingerprint density at radius 3 is 0.965 bits per heavy atom. The van der Waals surface area contributed by atoms with Crippen molar-refractivity contribution in [2.24, 2.45) is 0 Å². The molecule has 0 heterocycles. The molecule has 0 radical (unpaired) electrons. The van der Waals surface area contributed by atoms with Crippen molar-refractivity contribution in [1.82, 2.24) is 0 Å². The van der Waals surface area contributed by atoms with Crippen molar-refractivity contribution in [3.63, 3.8) is 0 Å². The molecule has 4 aromatic carbocycles. The molecule has 9 heteroatoms.